The number of benzene rings is 4. The summed E-state index contributed by atoms with van der Waals surface area (Å²) < 4.78 is 23.8. The SMILES string of the molecule is C.CC.CC.CC.CC.CC(C)c1ccc2c(c1C(C)C)OC(C)(C)O2.CC(C)c1sc2ccccc2c1C(C)C.Cc1noc2cc(C(C)C)c(C(C)C)cc12.Cc1noc2ccc(C(C)C)c(C(C)C)c12. The largest absolute Gasteiger partial charge is 0.449 e. The van der Waals surface area contributed by atoms with Crippen LogP contribution in [0.5, 0.6) is 11.5 Å². The quantitative estimate of drug-likeness (QED) is 0.151. The minimum atomic E-state index is -0.540. The van der Waals surface area contributed by atoms with Gasteiger partial charge < -0.3 is 18.5 Å². The van der Waals surface area contributed by atoms with Crippen LogP contribution in [0.4, 0.5) is 0 Å². The summed E-state index contributed by atoms with van der Waals surface area (Å²) in [5, 5.41) is 11.9. The fourth-order valence-electron chi connectivity index (χ4n) is 9.01. The van der Waals surface area contributed by atoms with Crippen molar-refractivity contribution in [2.75, 3.05) is 0 Å². The number of ether oxygens (including phenoxy) is 2. The number of hydrogen-bond donors (Lipinski definition) is 0. The van der Waals surface area contributed by atoms with Crippen molar-refractivity contribution in [3.8, 4) is 11.5 Å². The lowest BCUT2D eigenvalue weighted by atomic mass is 9.87. The molecule has 0 atom stereocenters. The summed E-state index contributed by atoms with van der Waals surface area (Å²) in [6.07, 6.45) is 0. The Kier molecular flexibility index (Phi) is 29.9. The Morgan fingerprint density at radius 2 is 0.890 bits per heavy atom. The first-order valence-corrected chi connectivity index (χ1v) is 28.6. The third kappa shape index (κ3) is 17.5. The van der Waals surface area contributed by atoms with Crippen molar-refractivity contribution in [1.82, 2.24) is 10.3 Å². The van der Waals surface area contributed by atoms with E-state index in [1.165, 1.54) is 48.9 Å². The van der Waals surface area contributed by atoms with Gasteiger partial charge in [0.05, 0.1) is 11.4 Å². The van der Waals surface area contributed by atoms with Crippen LogP contribution >= 0.6 is 11.3 Å². The molecule has 0 radical (unpaired) electrons. The van der Waals surface area contributed by atoms with Crippen molar-refractivity contribution in [3.05, 3.63) is 116 Å². The lowest BCUT2D eigenvalue weighted by Gasteiger charge is -2.19. The van der Waals surface area contributed by atoms with Gasteiger partial charge >= 0.3 is 0 Å². The molecule has 3 aromatic heterocycles. The molecular formula is C66H106N2O4S. The second-order valence-corrected chi connectivity index (χ2v) is 21.7. The molecular weight excluding hydrogens is 917 g/mol. The van der Waals surface area contributed by atoms with Gasteiger partial charge in [0, 0.05) is 39.8 Å². The number of fused-ring (bicyclic) bond motifs is 4. The number of thiophene rings is 1. The molecule has 0 N–H and O–H groups in total. The maximum absolute atomic E-state index is 5.96. The minimum absolute atomic E-state index is 0. The van der Waals surface area contributed by atoms with Gasteiger partial charge in [-0.15, -0.1) is 11.3 Å². The van der Waals surface area contributed by atoms with Crippen LogP contribution in [0.3, 0.4) is 0 Å². The van der Waals surface area contributed by atoms with E-state index in [9.17, 15) is 0 Å². The summed E-state index contributed by atoms with van der Waals surface area (Å²) in [7, 11) is 0. The molecule has 0 spiro atoms. The molecule has 410 valence electrons. The predicted octanol–water partition coefficient (Wildman–Crippen LogP) is 23.1. The van der Waals surface area contributed by atoms with E-state index in [0.717, 1.165) is 39.4 Å². The van der Waals surface area contributed by atoms with Gasteiger partial charge in [-0.2, -0.15) is 0 Å². The topological polar surface area (TPSA) is 70.5 Å². The molecule has 73 heavy (non-hydrogen) atoms. The van der Waals surface area contributed by atoms with Crippen molar-refractivity contribution < 1.29 is 18.5 Å². The van der Waals surface area contributed by atoms with Gasteiger partial charge in [-0.1, -0.05) is 214 Å². The maximum Gasteiger partial charge on any atom is 0.246 e. The van der Waals surface area contributed by atoms with Crippen molar-refractivity contribution >= 4 is 43.4 Å². The van der Waals surface area contributed by atoms with Gasteiger partial charge in [0.1, 0.15) is 0 Å². The zero-order valence-corrected chi connectivity index (χ0v) is 51.6. The zero-order valence-electron chi connectivity index (χ0n) is 50.8. The first kappa shape index (κ1) is 68.4. The van der Waals surface area contributed by atoms with Crippen LogP contribution in [-0.2, 0) is 0 Å². The molecule has 0 saturated carbocycles. The standard InChI is InChI=1S/C15H22O2.2C14H19NO.C14H18S.4C2H6.CH4/c1-9(2)11-7-8-12-14(13(11)10(3)4)17-15(5,6)16-12;1-8(2)11-6-13-10(5)15-16-14(13)7-12(11)9(3)4;1-8(2)11-6-7-12-14(10(5)15-16-12)13(11)9(3)4;1-9(2)13-11-7-5-6-8-12(11)15-14(13)10(3)4;4*1-2;/h7-10H,1-6H3;2*6-9H,1-5H3;5-10H,1-4H3;4*1-2H3;1H4. The van der Waals surface area contributed by atoms with E-state index >= 15 is 0 Å². The fraction of sp³-hybridized carbons (Fsp3) is 0.576. The van der Waals surface area contributed by atoms with Crippen LogP contribution in [-0.4, -0.2) is 16.1 Å². The summed E-state index contributed by atoms with van der Waals surface area (Å²) >= 11 is 1.96. The van der Waals surface area contributed by atoms with Crippen molar-refractivity contribution in [1.29, 1.82) is 0 Å². The summed E-state index contributed by atoms with van der Waals surface area (Å²) in [6, 6.07) is 21.6. The first-order chi connectivity index (χ1) is 33.9. The van der Waals surface area contributed by atoms with Crippen LogP contribution in [0.25, 0.3) is 32.0 Å². The summed E-state index contributed by atoms with van der Waals surface area (Å²) in [5.74, 6) is 5.59. The van der Waals surface area contributed by atoms with Gasteiger partial charge in [0.15, 0.2) is 22.7 Å². The molecule has 1 aliphatic heterocycles. The Labute approximate surface area is 451 Å². The molecule has 6 nitrogen and oxygen atoms in total. The number of rotatable bonds is 8. The normalized spacial score (nSPS) is 11.9. The third-order valence-corrected chi connectivity index (χ3v) is 13.5. The van der Waals surface area contributed by atoms with E-state index in [1.807, 2.05) is 107 Å². The highest BCUT2D eigenvalue weighted by atomic mass is 32.1. The van der Waals surface area contributed by atoms with Gasteiger partial charge in [0.25, 0.3) is 0 Å². The van der Waals surface area contributed by atoms with Gasteiger partial charge in [-0.25, -0.2) is 0 Å². The van der Waals surface area contributed by atoms with E-state index in [4.69, 9.17) is 18.5 Å². The lowest BCUT2D eigenvalue weighted by molar-refractivity contribution is -0.0435. The van der Waals surface area contributed by atoms with E-state index in [-0.39, 0.29) is 7.43 Å². The van der Waals surface area contributed by atoms with E-state index < -0.39 is 5.79 Å². The van der Waals surface area contributed by atoms with Crippen LogP contribution in [0, 0.1) is 13.8 Å². The molecule has 8 rings (SSSR count). The molecule has 0 bridgehead atoms. The van der Waals surface area contributed by atoms with Gasteiger partial charge in [-0.05, 0) is 130 Å². The fourth-order valence-corrected chi connectivity index (χ4v) is 10.4. The van der Waals surface area contributed by atoms with Crippen LogP contribution in [0.1, 0.15) is 290 Å². The number of aryl methyl sites for hydroxylation is 2. The van der Waals surface area contributed by atoms with Gasteiger partial charge in [0.2, 0.25) is 5.79 Å². The average Bonchev–Trinajstić information content (AvgIpc) is 4.12. The Hall–Kier alpha value is -4.62. The van der Waals surface area contributed by atoms with E-state index in [0.29, 0.717) is 47.3 Å². The molecule has 0 aliphatic carbocycles. The Morgan fingerprint density at radius 3 is 1.38 bits per heavy atom. The molecule has 0 unspecified atom stereocenters. The molecule has 7 heteroatoms. The van der Waals surface area contributed by atoms with E-state index in [2.05, 4.69) is 170 Å². The second kappa shape index (κ2) is 32.0. The van der Waals surface area contributed by atoms with Crippen molar-refractivity contribution in [3.63, 3.8) is 0 Å². The molecule has 4 aromatic carbocycles. The maximum atomic E-state index is 5.96. The molecule has 0 amide bonds. The van der Waals surface area contributed by atoms with Crippen molar-refractivity contribution in [2.24, 2.45) is 0 Å². The van der Waals surface area contributed by atoms with Gasteiger partial charge in [-0.3, -0.25) is 0 Å². The van der Waals surface area contributed by atoms with Crippen LogP contribution in [0.15, 0.2) is 69.7 Å². The monoisotopic (exact) mass is 1020 g/mol. The summed E-state index contributed by atoms with van der Waals surface area (Å²) in [4.78, 5) is 1.56. The van der Waals surface area contributed by atoms with Crippen LogP contribution < -0.4 is 9.47 Å². The molecule has 4 heterocycles. The zero-order chi connectivity index (χ0) is 55.5. The second-order valence-electron chi connectivity index (χ2n) is 20.6. The highest BCUT2D eigenvalue weighted by Gasteiger charge is 2.35. The Bertz CT molecular complexity index is 2640. The molecule has 0 fully saturated rings. The Morgan fingerprint density at radius 1 is 0.438 bits per heavy atom. The lowest BCUT2D eigenvalue weighted by Crippen LogP contribution is -2.30. The molecule has 0 saturated heterocycles. The molecule has 1 aliphatic rings. The number of hydrogen-bond acceptors (Lipinski definition) is 7. The third-order valence-electron chi connectivity index (χ3n) is 12.0. The van der Waals surface area contributed by atoms with E-state index in [1.54, 1.807) is 10.4 Å². The Balaban J connectivity index is 0.000000900. The van der Waals surface area contributed by atoms with Crippen molar-refractivity contribution in [2.45, 2.75) is 254 Å². The number of nitrogens with zero attached hydrogens (tertiary/aromatic N) is 2. The average molecular weight is 1020 g/mol. The summed E-state index contributed by atoms with van der Waals surface area (Å²) in [5.41, 5.74) is 13.6. The summed E-state index contributed by atoms with van der Waals surface area (Å²) in [6.45, 7) is 59.7. The molecule has 7 aromatic rings. The first-order valence-electron chi connectivity index (χ1n) is 27.8. The highest BCUT2D eigenvalue weighted by Crippen LogP contribution is 2.47. The highest BCUT2D eigenvalue weighted by molar-refractivity contribution is 7.19. The predicted molar refractivity (Wildman–Crippen MR) is 326 cm³/mol. The minimum Gasteiger partial charge on any atom is -0.449 e. The van der Waals surface area contributed by atoms with Crippen LogP contribution in [0.2, 0.25) is 0 Å². The smallest absolute Gasteiger partial charge is 0.246 e. The number of aromatic nitrogens is 2.